The van der Waals surface area contributed by atoms with Crippen LogP contribution in [0, 0.1) is 5.82 Å². The minimum atomic E-state index is -3.65. The molecular weight excluding hydrogens is 723 g/mol. The first kappa shape index (κ1) is 35.8. The predicted molar refractivity (Wildman–Crippen MR) is 188 cm³/mol. The molecule has 0 radical (unpaired) electrons. The summed E-state index contributed by atoms with van der Waals surface area (Å²) in [7, 11) is -3.65. The molecule has 1 aliphatic heterocycles. The Balaban J connectivity index is 1.38. The number of ether oxygens (including phenoxy) is 1. The van der Waals surface area contributed by atoms with Gasteiger partial charge in [-0.2, -0.15) is 10.1 Å². The summed E-state index contributed by atoms with van der Waals surface area (Å²) in [5, 5.41) is 34.0. The molecule has 262 valence electrons. The maximum Gasteiger partial charge on any atom is 0.309 e. The zero-order valence-corrected chi connectivity index (χ0v) is 29.7. The van der Waals surface area contributed by atoms with E-state index in [0.29, 0.717) is 45.8 Å². The third-order valence-electron chi connectivity index (χ3n) is 7.68. The number of carbonyl (C=O) groups is 1. The number of nitrogens with one attached hydrogen (secondary N) is 4. The second kappa shape index (κ2) is 14.2. The summed E-state index contributed by atoms with van der Waals surface area (Å²) in [6.45, 7) is 7.39. The lowest BCUT2D eigenvalue weighted by molar-refractivity contribution is -0.161. The average Bonchev–Trinajstić information content (AvgIpc) is 3.54. The van der Waals surface area contributed by atoms with Gasteiger partial charge in [0.1, 0.15) is 23.0 Å². The number of aromatic hydroxyl groups is 1. The van der Waals surface area contributed by atoms with Crippen LogP contribution in [-0.2, 0) is 19.6 Å². The molecule has 0 atom stereocenters. The standard InChI is InChI=1S/C32H38BrFN8O6S/c1-5-49(46,47)41-26-14-21(43)6-7-25(26)39-29-23(33)18-35-30(40-29)38-20-12-22(19-16-36-37-17-19)28(24(34)13-20)42-10-8-32(45,9-11-42)15-27(44)48-31(2,3)4/h6-7,12-14,16-18,41,43,45H,5,8-11,15H2,1-4H3,(H,36,37)(H2,35,38,39,40). The predicted octanol–water partition coefficient (Wildman–Crippen LogP) is 5.79. The molecule has 6 N–H and O–H groups in total. The molecule has 1 aliphatic rings. The number of carbonyl (C=O) groups excluding carboxylic acids is 1. The van der Waals surface area contributed by atoms with Crippen LogP contribution in [0.2, 0.25) is 0 Å². The number of phenolic OH excluding ortho intramolecular Hbond substituents is 1. The number of nitrogens with zero attached hydrogens (tertiary/aromatic N) is 4. The van der Waals surface area contributed by atoms with E-state index in [9.17, 15) is 23.4 Å². The lowest BCUT2D eigenvalue weighted by Gasteiger charge is -2.40. The molecule has 0 aliphatic carbocycles. The largest absolute Gasteiger partial charge is 0.508 e. The second-order valence-corrected chi connectivity index (χ2v) is 15.6. The molecule has 0 amide bonds. The lowest BCUT2D eigenvalue weighted by atomic mass is 9.87. The molecule has 0 saturated carbocycles. The van der Waals surface area contributed by atoms with E-state index >= 15 is 4.39 Å². The normalized spacial score (nSPS) is 14.7. The summed E-state index contributed by atoms with van der Waals surface area (Å²) >= 11 is 3.40. The van der Waals surface area contributed by atoms with Gasteiger partial charge in [-0.3, -0.25) is 14.6 Å². The molecule has 1 saturated heterocycles. The molecule has 17 heteroatoms. The fraction of sp³-hybridized carbons (Fsp3) is 0.375. The van der Waals surface area contributed by atoms with Crippen LogP contribution in [0.25, 0.3) is 11.1 Å². The maximum atomic E-state index is 16.1. The summed E-state index contributed by atoms with van der Waals surface area (Å²) in [6, 6.07) is 7.22. The van der Waals surface area contributed by atoms with Gasteiger partial charge in [-0.15, -0.1) is 0 Å². The number of sulfonamides is 1. The SMILES string of the molecule is CCS(=O)(=O)Nc1cc(O)ccc1Nc1nc(Nc2cc(F)c(N3CCC(O)(CC(=O)OC(C)(C)C)CC3)c(-c3cn[nH]c3)c2)ncc1Br. The fourth-order valence-corrected chi connectivity index (χ4v) is 6.26. The van der Waals surface area contributed by atoms with Crippen LogP contribution >= 0.6 is 15.9 Å². The second-order valence-electron chi connectivity index (χ2n) is 12.7. The van der Waals surface area contributed by atoms with E-state index < -0.39 is 33.0 Å². The Bertz CT molecular complexity index is 1930. The highest BCUT2D eigenvalue weighted by Crippen LogP contribution is 2.40. The van der Waals surface area contributed by atoms with Gasteiger partial charge in [0.25, 0.3) is 0 Å². The van der Waals surface area contributed by atoms with Crippen LogP contribution in [-0.4, -0.2) is 74.8 Å². The molecule has 4 aromatic rings. The zero-order valence-electron chi connectivity index (χ0n) is 27.3. The number of aliphatic hydroxyl groups is 1. The van der Waals surface area contributed by atoms with Gasteiger partial charge in [0.05, 0.1) is 45.5 Å². The number of halogens is 2. The van der Waals surface area contributed by atoms with Crippen LogP contribution in [0.1, 0.15) is 47.0 Å². The van der Waals surface area contributed by atoms with Gasteiger partial charge in [0.15, 0.2) is 0 Å². The van der Waals surface area contributed by atoms with Crippen molar-refractivity contribution in [3.63, 3.8) is 0 Å². The van der Waals surface area contributed by atoms with Crippen molar-refractivity contribution in [2.75, 3.05) is 39.1 Å². The summed E-state index contributed by atoms with van der Waals surface area (Å²) in [5.41, 5.74) is 0.312. The van der Waals surface area contributed by atoms with E-state index in [1.807, 2.05) is 4.90 Å². The molecule has 0 bridgehead atoms. The molecule has 0 spiro atoms. The Labute approximate surface area is 291 Å². The number of H-pyrrole nitrogens is 1. The number of phenols is 1. The molecule has 0 unspecified atom stereocenters. The molecule has 2 aromatic carbocycles. The van der Waals surface area contributed by atoms with Gasteiger partial charge in [0.2, 0.25) is 16.0 Å². The molecule has 5 rings (SSSR count). The van der Waals surface area contributed by atoms with Gasteiger partial charge in [-0.05, 0) is 80.7 Å². The van der Waals surface area contributed by atoms with Crippen molar-refractivity contribution in [1.82, 2.24) is 20.2 Å². The van der Waals surface area contributed by atoms with Crippen LogP contribution in [0.15, 0.2) is 53.4 Å². The molecule has 2 aromatic heterocycles. The number of esters is 1. The Morgan fingerprint density at radius 1 is 1.14 bits per heavy atom. The van der Waals surface area contributed by atoms with Crippen LogP contribution in [0.3, 0.4) is 0 Å². The van der Waals surface area contributed by atoms with Gasteiger partial charge in [0, 0.05) is 48.4 Å². The van der Waals surface area contributed by atoms with Crippen molar-refractivity contribution in [2.45, 2.75) is 58.2 Å². The monoisotopic (exact) mass is 760 g/mol. The minimum absolute atomic E-state index is 0.107. The molecular formula is C32H38BrFN8O6S. The fourth-order valence-electron chi connectivity index (χ4n) is 5.32. The Hall–Kier alpha value is -4.48. The zero-order chi connectivity index (χ0) is 35.6. The molecule has 49 heavy (non-hydrogen) atoms. The number of aromatic nitrogens is 4. The Kier molecular flexibility index (Phi) is 10.4. The topological polar surface area (TPSA) is 195 Å². The quantitative estimate of drug-likeness (QED) is 0.0798. The van der Waals surface area contributed by atoms with Crippen LogP contribution in [0.4, 0.5) is 38.9 Å². The van der Waals surface area contributed by atoms with E-state index in [1.54, 1.807) is 39.2 Å². The van der Waals surface area contributed by atoms with E-state index in [2.05, 4.69) is 51.5 Å². The van der Waals surface area contributed by atoms with E-state index in [1.165, 1.54) is 37.4 Å². The Morgan fingerprint density at radius 2 is 1.88 bits per heavy atom. The third kappa shape index (κ3) is 9.16. The highest BCUT2D eigenvalue weighted by atomic mass is 79.9. The highest BCUT2D eigenvalue weighted by molar-refractivity contribution is 9.10. The minimum Gasteiger partial charge on any atom is -0.508 e. The summed E-state index contributed by atoms with van der Waals surface area (Å²) in [6.07, 6.45) is 5.02. The molecule has 14 nitrogen and oxygen atoms in total. The first-order valence-corrected chi connectivity index (χ1v) is 17.9. The number of hydrogen-bond donors (Lipinski definition) is 6. The van der Waals surface area contributed by atoms with E-state index in [0.717, 1.165) is 0 Å². The van der Waals surface area contributed by atoms with Crippen molar-refractivity contribution in [3.8, 4) is 16.9 Å². The number of rotatable bonds is 11. The number of piperidine rings is 1. The van der Waals surface area contributed by atoms with E-state index in [4.69, 9.17) is 4.74 Å². The van der Waals surface area contributed by atoms with Crippen molar-refractivity contribution in [1.29, 1.82) is 0 Å². The van der Waals surface area contributed by atoms with Gasteiger partial charge < -0.3 is 30.5 Å². The van der Waals surface area contributed by atoms with E-state index in [-0.39, 0.29) is 48.2 Å². The van der Waals surface area contributed by atoms with Gasteiger partial charge in [-0.25, -0.2) is 17.8 Å². The number of hydrogen-bond acceptors (Lipinski definition) is 12. The van der Waals surface area contributed by atoms with Crippen LogP contribution < -0.4 is 20.3 Å². The maximum absolute atomic E-state index is 16.1. The number of benzene rings is 2. The first-order chi connectivity index (χ1) is 23.0. The summed E-state index contributed by atoms with van der Waals surface area (Å²) in [5.74, 6) is -0.954. The molecule has 1 fully saturated rings. The average molecular weight is 762 g/mol. The smallest absolute Gasteiger partial charge is 0.309 e. The third-order valence-corrected chi connectivity index (χ3v) is 9.55. The summed E-state index contributed by atoms with van der Waals surface area (Å²) < 4.78 is 48.9. The van der Waals surface area contributed by atoms with Gasteiger partial charge >= 0.3 is 5.97 Å². The summed E-state index contributed by atoms with van der Waals surface area (Å²) in [4.78, 5) is 23.1. The van der Waals surface area contributed by atoms with Crippen LogP contribution in [0.5, 0.6) is 5.75 Å². The lowest BCUT2D eigenvalue weighted by Crippen LogP contribution is -2.46. The first-order valence-electron chi connectivity index (χ1n) is 15.4. The molecule has 3 heterocycles. The van der Waals surface area contributed by atoms with Crippen molar-refractivity contribution in [2.24, 2.45) is 0 Å². The number of aromatic amines is 1. The van der Waals surface area contributed by atoms with Crippen molar-refractivity contribution >= 4 is 66.4 Å². The highest BCUT2D eigenvalue weighted by Gasteiger charge is 2.37. The number of anilines is 6. The van der Waals surface area contributed by atoms with Gasteiger partial charge in [-0.1, -0.05) is 0 Å². The van der Waals surface area contributed by atoms with Crippen molar-refractivity contribution < 1.29 is 32.6 Å². The Morgan fingerprint density at radius 3 is 2.53 bits per heavy atom. The van der Waals surface area contributed by atoms with Crippen molar-refractivity contribution in [3.05, 3.63) is 59.2 Å².